The molecule has 0 aliphatic carbocycles. The van der Waals surface area contributed by atoms with E-state index in [4.69, 9.17) is 9.47 Å². The maximum Gasteiger partial charge on any atom is 0.257 e. The predicted molar refractivity (Wildman–Crippen MR) is 119 cm³/mol. The lowest BCUT2D eigenvalue weighted by Crippen LogP contribution is -2.40. The van der Waals surface area contributed by atoms with Crippen molar-refractivity contribution in [3.63, 3.8) is 0 Å². The van der Waals surface area contributed by atoms with Gasteiger partial charge in [0, 0.05) is 19.6 Å². The van der Waals surface area contributed by atoms with Crippen molar-refractivity contribution in [1.82, 2.24) is 9.62 Å². The van der Waals surface area contributed by atoms with Crippen molar-refractivity contribution in [2.75, 3.05) is 39.5 Å². The van der Waals surface area contributed by atoms with Gasteiger partial charge in [0.15, 0.2) is 6.61 Å². The van der Waals surface area contributed by atoms with Gasteiger partial charge in [-0.15, -0.1) is 0 Å². The van der Waals surface area contributed by atoms with Crippen LogP contribution in [0.2, 0.25) is 0 Å². The van der Waals surface area contributed by atoms with Crippen LogP contribution in [0.15, 0.2) is 53.4 Å². The Kier molecular flexibility index (Phi) is 8.06. The van der Waals surface area contributed by atoms with E-state index in [2.05, 4.69) is 19.2 Å². The van der Waals surface area contributed by atoms with Crippen molar-refractivity contribution in [3.05, 3.63) is 59.7 Å². The third-order valence-corrected chi connectivity index (χ3v) is 7.07. The lowest BCUT2D eigenvalue weighted by molar-refractivity contribution is -0.123. The molecule has 1 aliphatic heterocycles. The number of ether oxygens (including phenoxy) is 2. The van der Waals surface area contributed by atoms with Gasteiger partial charge in [0.05, 0.1) is 18.1 Å². The predicted octanol–water partition coefficient (Wildman–Crippen LogP) is 2.57. The van der Waals surface area contributed by atoms with Crippen LogP contribution in [-0.2, 0) is 26.0 Å². The van der Waals surface area contributed by atoms with Crippen LogP contribution < -0.4 is 10.1 Å². The number of nitrogens with zero attached hydrogens (tertiary/aromatic N) is 1. The largest absolute Gasteiger partial charge is 0.484 e. The summed E-state index contributed by atoms with van der Waals surface area (Å²) in [4.78, 5) is 12.3. The van der Waals surface area contributed by atoms with Crippen molar-refractivity contribution in [3.8, 4) is 5.75 Å². The lowest BCUT2D eigenvalue weighted by Gasteiger charge is -2.26. The Balaban J connectivity index is 1.44. The molecule has 1 saturated heterocycles. The summed E-state index contributed by atoms with van der Waals surface area (Å²) in [5, 5.41) is 2.83. The maximum absolute atomic E-state index is 12.6. The minimum Gasteiger partial charge on any atom is -0.484 e. The Morgan fingerprint density at radius 2 is 1.84 bits per heavy atom. The molecule has 0 radical (unpaired) electrons. The lowest BCUT2D eigenvalue weighted by atomic mass is 10.0. The van der Waals surface area contributed by atoms with E-state index in [0.29, 0.717) is 50.9 Å². The van der Waals surface area contributed by atoms with Gasteiger partial charge in [-0.25, -0.2) is 8.42 Å². The van der Waals surface area contributed by atoms with Gasteiger partial charge in [0.2, 0.25) is 10.0 Å². The fourth-order valence-corrected chi connectivity index (χ4v) is 4.68. The Hall–Kier alpha value is -2.42. The summed E-state index contributed by atoms with van der Waals surface area (Å²) in [6, 6.07) is 14.6. The molecule has 1 N–H and O–H groups in total. The number of hydrogen-bond acceptors (Lipinski definition) is 5. The molecule has 0 spiro atoms. The molecule has 1 amide bonds. The summed E-state index contributed by atoms with van der Waals surface area (Å²) < 4.78 is 37.5. The van der Waals surface area contributed by atoms with Crippen LogP contribution in [0.4, 0.5) is 0 Å². The number of benzene rings is 2. The molecule has 2 aromatic carbocycles. The molecule has 31 heavy (non-hydrogen) atoms. The molecular weight excluding hydrogens is 416 g/mol. The first-order valence-corrected chi connectivity index (χ1v) is 12.0. The first-order chi connectivity index (χ1) is 14.9. The highest BCUT2D eigenvalue weighted by atomic mass is 32.2. The van der Waals surface area contributed by atoms with E-state index >= 15 is 0 Å². The van der Waals surface area contributed by atoms with Crippen LogP contribution in [0, 0.1) is 0 Å². The summed E-state index contributed by atoms with van der Waals surface area (Å²) in [6.45, 7) is 6.21. The van der Waals surface area contributed by atoms with E-state index < -0.39 is 10.0 Å². The van der Waals surface area contributed by atoms with Gasteiger partial charge in [-0.1, -0.05) is 38.1 Å². The summed E-state index contributed by atoms with van der Waals surface area (Å²) in [7, 11) is -3.49. The summed E-state index contributed by atoms with van der Waals surface area (Å²) in [5.41, 5.74) is 2.11. The second-order valence-electron chi connectivity index (χ2n) is 7.78. The SMILES string of the molecule is CC(C)c1cccc(OCC(=O)NCCc2ccc(S(=O)(=O)N3CCOCC3)cc2)c1. The molecule has 1 heterocycles. The van der Waals surface area contributed by atoms with Crippen molar-refractivity contribution >= 4 is 15.9 Å². The Morgan fingerprint density at radius 1 is 1.13 bits per heavy atom. The molecule has 0 aromatic heterocycles. The van der Waals surface area contributed by atoms with E-state index in [0.717, 1.165) is 11.1 Å². The van der Waals surface area contributed by atoms with E-state index in [-0.39, 0.29) is 17.4 Å². The first-order valence-electron chi connectivity index (χ1n) is 10.5. The highest BCUT2D eigenvalue weighted by molar-refractivity contribution is 7.89. The van der Waals surface area contributed by atoms with E-state index in [1.165, 1.54) is 4.31 Å². The van der Waals surface area contributed by atoms with Gasteiger partial charge in [-0.05, 0) is 47.7 Å². The number of amides is 1. The average molecular weight is 447 g/mol. The zero-order valence-corrected chi connectivity index (χ0v) is 18.9. The number of morpholine rings is 1. The second-order valence-corrected chi connectivity index (χ2v) is 9.71. The number of sulfonamides is 1. The highest BCUT2D eigenvalue weighted by Crippen LogP contribution is 2.20. The number of nitrogens with one attached hydrogen (secondary N) is 1. The Morgan fingerprint density at radius 3 is 2.52 bits per heavy atom. The van der Waals surface area contributed by atoms with E-state index in [1.807, 2.05) is 24.3 Å². The summed E-state index contributed by atoms with van der Waals surface area (Å²) in [5.74, 6) is 0.882. The number of carbonyl (C=O) groups excluding carboxylic acids is 1. The number of rotatable bonds is 9. The van der Waals surface area contributed by atoms with Gasteiger partial charge in [0.1, 0.15) is 5.75 Å². The van der Waals surface area contributed by atoms with E-state index in [1.54, 1.807) is 24.3 Å². The standard InChI is InChI=1S/C23H30N2O5S/c1-18(2)20-4-3-5-21(16-20)30-17-23(26)24-11-10-19-6-8-22(9-7-19)31(27,28)25-12-14-29-15-13-25/h3-9,16,18H,10-15,17H2,1-2H3,(H,24,26). The van der Waals surface area contributed by atoms with E-state index in [9.17, 15) is 13.2 Å². The molecule has 2 aromatic rings. The van der Waals surface area contributed by atoms with Crippen molar-refractivity contribution < 1.29 is 22.7 Å². The van der Waals surface area contributed by atoms with Gasteiger partial charge < -0.3 is 14.8 Å². The fourth-order valence-electron chi connectivity index (χ4n) is 3.27. The summed E-state index contributed by atoms with van der Waals surface area (Å²) in [6.07, 6.45) is 0.604. The molecule has 7 nitrogen and oxygen atoms in total. The molecule has 3 rings (SSSR count). The Labute approximate surface area is 184 Å². The molecule has 0 unspecified atom stereocenters. The van der Waals surface area contributed by atoms with Crippen molar-refractivity contribution in [2.45, 2.75) is 31.1 Å². The van der Waals surface area contributed by atoms with Crippen LogP contribution in [-0.4, -0.2) is 58.1 Å². The number of carbonyl (C=O) groups is 1. The third-order valence-electron chi connectivity index (χ3n) is 5.16. The quantitative estimate of drug-likeness (QED) is 0.640. The molecule has 0 saturated carbocycles. The smallest absolute Gasteiger partial charge is 0.257 e. The molecule has 1 aliphatic rings. The second kappa shape index (κ2) is 10.7. The molecule has 168 valence electrons. The molecule has 0 bridgehead atoms. The van der Waals surface area contributed by atoms with Crippen LogP contribution in [0.5, 0.6) is 5.75 Å². The average Bonchev–Trinajstić information content (AvgIpc) is 2.79. The van der Waals surface area contributed by atoms with Crippen molar-refractivity contribution in [2.24, 2.45) is 0 Å². The van der Waals surface area contributed by atoms with Crippen LogP contribution >= 0.6 is 0 Å². The van der Waals surface area contributed by atoms with Crippen LogP contribution in [0.1, 0.15) is 30.9 Å². The van der Waals surface area contributed by atoms with Gasteiger partial charge in [0.25, 0.3) is 5.91 Å². The molecular formula is C23H30N2O5S. The first kappa shape index (κ1) is 23.2. The Bertz CT molecular complexity index is 968. The van der Waals surface area contributed by atoms with Crippen LogP contribution in [0.25, 0.3) is 0 Å². The maximum atomic E-state index is 12.6. The zero-order valence-electron chi connectivity index (χ0n) is 18.0. The third kappa shape index (κ3) is 6.53. The molecule has 1 fully saturated rings. The molecule has 0 atom stereocenters. The topological polar surface area (TPSA) is 84.9 Å². The minimum atomic E-state index is -3.49. The van der Waals surface area contributed by atoms with Crippen LogP contribution in [0.3, 0.4) is 0 Å². The zero-order chi connectivity index (χ0) is 22.3. The monoisotopic (exact) mass is 446 g/mol. The highest BCUT2D eigenvalue weighted by Gasteiger charge is 2.26. The van der Waals surface area contributed by atoms with Gasteiger partial charge in [-0.3, -0.25) is 4.79 Å². The van der Waals surface area contributed by atoms with Gasteiger partial charge >= 0.3 is 0 Å². The molecule has 8 heteroatoms. The van der Waals surface area contributed by atoms with Crippen molar-refractivity contribution in [1.29, 1.82) is 0 Å². The van der Waals surface area contributed by atoms with Gasteiger partial charge in [-0.2, -0.15) is 4.31 Å². The normalized spacial score (nSPS) is 15.1. The number of hydrogen-bond donors (Lipinski definition) is 1. The summed E-state index contributed by atoms with van der Waals surface area (Å²) >= 11 is 0. The minimum absolute atomic E-state index is 0.0434. The fraction of sp³-hybridized carbons (Fsp3) is 0.435.